The fourth-order valence-corrected chi connectivity index (χ4v) is 3.69. The van der Waals surface area contributed by atoms with E-state index in [4.69, 9.17) is 4.74 Å². The van der Waals surface area contributed by atoms with Crippen LogP contribution in [0.5, 0.6) is 0 Å². The van der Waals surface area contributed by atoms with Crippen LogP contribution in [0, 0.1) is 29.1 Å². The molecule has 1 amide bonds. The minimum atomic E-state index is -0.335. The van der Waals surface area contributed by atoms with Gasteiger partial charge in [-0.05, 0) is 38.5 Å². The van der Waals surface area contributed by atoms with Crippen LogP contribution in [0.25, 0.3) is 0 Å². The highest BCUT2D eigenvalue weighted by Crippen LogP contribution is 2.33. The molecule has 2 aliphatic rings. The van der Waals surface area contributed by atoms with E-state index in [9.17, 15) is 10.1 Å². The smallest absolute Gasteiger partial charge is 0.227 e. The Morgan fingerprint density at radius 3 is 2.35 bits per heavy atom. The molecule has 4 heteroatoms. The maximum Gasteiger partial charge on any atom is 0.227 e. The van der Waals surface area contributed by atoms with E-state index in [1.807, 2.05) is 13.8 Å². The summed E-state index contributed by atoms with van der Waals surface area (Å²) in [6.07, 6.45) is 5.76. The first kappa shape index (κ1) is 15.3. The first-order valence-corrected chi connectivity index (χ1v) is 7.90. The Morgan fingerprint density at radius 1 is 1.20 bits per heavy atom. The molecule has 5 atom stereocenters. The van der Waals surface area contributed by atoms with Gasteiger partial charge in [0.05, 0.1) is 24.2 Å². The fraction of sp³-hybridized carbons (Fsp3) is 0.875. The van der Waals surface area contributed by atoms with Crippen LogP contribution in [0.3, 0.4) is 0 Å². The minimum Gasteiger partial charge on any atom is -0.374 e. The van der Waals surface area contributed by atoms with Crippen LogP contribution >= 0.6 is 0 Å². The van der Waals surface area contributed by atoms with Crippen LogP contribution in [-0.4, -0.2) is 24.2 Å². The Hall–Kier alpha value is -1.08. The van der Waals surface area contributed by atoms with Crippen LogP contribution in [-0.2, 0) is 9.53 Å². The van der Waals surface area contributed by atoms with Crippen LogP contribution in [0.2, 0.25) is 0 Å². The van der Waals surface area contributed by atoms with Crippen LogP contribution < -0.4 is 5.32 Å². The lowest BCUT2D eigenvalue weighted by molar-refractivity contribution is -0.128. The van der Waals surface area contributed by atoms with E-state index in [0.717, 1.165) is 12.8 Å². The summed E-state index contributed by atoms with van der Waals surface area (Å²) in [7, 11) is 0. The molecule has 4 nitrogen and oxygen atoms in total. The van der Waals surface area contributed by atoms with Gasteiger partial charge < -0.3 is 10.1 Å². The SMILES string of the molecule is CC1OC(C)C(C(=O)NC(C#N)C2CCCCC2)C1C. The number of rotatable bonds is 3. The number of hydrogen-bond acceptors (Lipinski definition) is 3. The van der Waals surface area contributed by atoms with E-state index in [1.165, 1.54) is 19.3 Å². The van der Waals surface area contributed by atoms with Gasteiger partial charge in [0.1, 0.15) is 6.04 Å². The monoisotopic (exact) mass is 278 g/mol. The Labute approximate surface area is 121 Å². The average molecular weight is 278 g/mol. The summed E-state index contributed by atoms with van der Waals surface area (Å²) >= 11 is 0. The molecule has 5 unspecified atom stereocenters. The summed E-state index contributed by atoms with van der Waals surface area (Å²) < 4.78 is 5.72. The molecule has 1 aliphatic carbocycles. The van der Waals surface area contributed by atoms with Gasteiger partial charge in [-0.15, -0.1) is 0 Å². The van der Waals surface area contributed by atoms with Crippen molar-refractivity contribution >= 4 is 5.91 Å². The molecule has 0 aromatic rings. The average Bonchev–Trinajstić information content (AvgIpc) is 2.70. The zero-order chi connectivity index (χ0) is 14.7. The Bertz CT molecular complexity index is 384. The molecule has 1 N–H and O–H groups in total. The number of nitriles is 1. The van der Waals surface area contributed by atoms with Gasteiger partial charge in [0.2, 0.25) is 5.91 Å². The van der Waals surface area contributed by atoms with E-state index in [-0.39, 0.29) is 36.0 Å². The van der Waals surface area contributed by atoms with Crippen LogP contribution in [0.4, 0.5) is 0 Å². The number of hydrogen-bond donors (Lipinski definition) is 1. The zero-order valence-electron chi connectivity index (χ0n) is 12.8. The predicted octanol–water partition coefficient (Wildman–Crippen LogP) is 2.63. The van der Waals surface area contributed by atoms with E-state index in [2.05, 4.69) is 18.3 Å². The molecule has 112 valence electrons. The maximum atomic E-state index is 12.5. The van der Waals surface area contributed by atoms with Gasteiger partial charge in [0.15, 0.2) is 0 Å². The first-order chi connectivity index (χ1) is 9.54. The lowest BCUT2D eigenvalue weighted by Gasteiger charge is -2.28. The van der Waals surface area contributed by atoms with Gasteiger partial charge in [0.25, 0.3) is 0 Å². The van der Waals surface area contributed by atoms with E-state index in [0.29, 0.717) is 5.92 Å². The number of carbonyl (C=O) groups excluding carboxylic acids is 1. The molecule has 1 saturated carbocycles. The highest BCUT2D eigenvalue weighted by molar-refractivity contribution is 5.80. The van der Waals surface area contributed by atoms with Gasteiger partial charge in [-0.3, -0.25) is 4.79 Å². The van der Waals surface area contributed by atoms with Crippen LogP contribution in [0.15, 0.2) is 0 Å². The van der Waals surface area contributed by atoms with Crippen molar-refractivity contribution in [3.8, 4) is 6.07 Å². The van der Waals surface area contributed by atoms with Gasteiger partial charge >= 0.3 is 0 Å². The Balaban J connectivity index is 1.97. The van der Waals surface area contributed by atoms with E-state index < -0.39 is 0 Å². The zero-order valence-corrected chi connectivity index (χ0v) is 12.8. The fourth-order valence-electron chi connectivity index (χ4n) is 3.69. The number of ether oxygens (including phenoxy) is 1. The third-order valence-electron chi connectivity index (χ3n) is 5.10. The summed E-state index contributed by atoms with van der Waals surface area (Å²) in [5, 5.41) is 12.3. The molecular formula is C16H26N2O2. The van der Waals surface area contributed by atoms with Crippen molar-refractivity contribution in [2.45, 2.75) is 71.1 Å². The van der Waals surface area contributed by atoms with Crippen molar-refractivity contribution in [2.24, 2.45) is 17.8 Å². The van der Waals surface area contributed by atoms with Gasteiger partial charge in [-0.2, -0.15) is 5.26 Å². The molecule has 1 heterocycles. The molecule has 0 radical (unpaired) electrons. The second-order valence-corrected chi connectivity index (χ2v) is 6.44. The van der Waals surface area contributed by atoms with Gasteiger partial charge in [-0.1, -0.05) is 26.2 Å². The largest absolute Gasteiger partial charge is 0.374 e. The van der Waals surface area contributed by atoms with Gasteiger partial charge in [0, 0.05) is 0 Å². The Morgan fingerprint density at radius 2 is 1.85 bits per heavy atom. The lowest BCUT2D eigenvalue weighted by atomic mass is 9.83. The second-order valence-electron chi connectivity index (χ2n) is 6.44. The number of nitrogens with one attached hydrogen (secondary N) is 1. The molecule has 1 aliphatic heterocycles. The number of carbonyl (C=O) groups is 1. The third kappa shape index (κ3) is 3.15. The summed E-state index contributed by atoms with van der Waals surface area (Å²) in [4.78, 5) is 12.5. The highest BCUT2D eigenvalue weighted by atomic mass is 16.5. The molecule has 1 saturated heterocycles. The Kier molecular flexibility index (Phi) is 5.04. The summed E-state index contributed by atoms with van der Waals surface area (Å²) in [5.41, 5.74) is 0. The van der Waals surface area contributed by atoms with E-state index in [1.54, 1.807) is 0 Å². The molecule has 0 aromatic heterocycles. The van der Waals surface area contributed by atoms with Crippen molar-refractivity contribution in [3.63, 3.8) is 0 Å². The maximum absolute atomic E-state index is 12.5. The quantitative estimate of drug-likeness (QED) is 0.863. The highest BCUT2D eigenvalue weighted by Gasteiger charge is 2.42. The predicted molar refractivity (Wildman–Crippen MR) is 76.8 cm³/mol. The topological polar surface area (TPSA) is 62.1 Å². The number of amides is 1. The molecular weight excluding hydrogens is 252 g/mol. The molecule has 0 spiro atoms. The number of nitrogens with zero attached hydrogens (tertiary/aromatic N) is 1. The van der Waals surface area contributed by atoms with Crippen molar-refractivity contribution in [2.75, 3.05) is 0 Å². The lowest BCUT2D eigenvalue weighted by Crippen LogP contribution is -2.45. The second kappa shape index (κ2) is 6.58. The first-order valence-electron chi connectivity index (χ1n) is 7.90. The summed E-state index contributed by atoms with van der Waals surface area (Å²) in [6, 6.07) is 1.96. The summed E-state index contributed by atoms with van der Waals surface area (Å²) in [5.74, 6) is 0.384. The molecule has 2 rings (SSSR count). The summed E-state index contributed by atoms with van der Waals surface area (Å²) in [6.45, 7) is 6.02. The molecule has 0 aromatic carbocycles. The van der Waals surface area contributed by atoms with Crippen molar-refractivity contribution in [3.05, 3.63) is 0 Å². The molecule has 0 bridgehead atoms. The standard InChI is InChI=1S/C16H26N2O2/c1-10-11(2)20-12(3)15(10)16(19)18-14(9-17)13-7-5-4-6-8-13/h10-15H,4-8H2,1-3H3,(H,18,19). The van der Waals surface area contributed by atoms with Crippen molar-refractivity contribution < 1.29 is 9.53 Å². The van der Waals surface area contributed by atoms with Crippen LogP contribution in [0.1, 0.15) is 52.9 Å². The van der Waals surface area contributed by atoms with Crippen molar-refractivity contribution in [1.29, 1.82) is 5.26 Å². The van der Waals surface area contributed by atoms with Gasteiger partial charge in [-0.25, -0.2) is 0 Å². The minimum absolute atomic E-state index is 0.00789. The van der Waals surface area contributed by atoms with Crippen molar-refractivity contribution in [1.82, 2.24) is 5.32 Å². The van der Waals surface area contributed by atoms with E-state index >= 15 is 0 Å². The molecule has 20 heavy (non-hydrogen) atoms. The molecule has 2 fully saturated rings. The normalized spacial score (nSPS) is 36.3. The third-order valence-corrected chi connectivity index (χ3v) is 5.10.